The van der Waals surface area contributed by atoms with E-state index in [0.717, 1.165) is 18.5 Å². The van der Waals surface area contributed by atoms with Gasteiger partial charge in [-0.25, -0.2) is 0 Å². The summed E-state index contributed by atoms with van der Waals surface area (Å²) in [5, 5.41) is 15.4. The lowest BCUT2D eigenvalue weighted by Gasteiger charge is -2.19. The summed E-state index contributed by atoms with van der Waals surface area (Å²) in [7, 11) is 1.99. The normalized spacial score (nSPS) is 12.4. The van der Waals surface area contributed by atoms with E-state index in [-0.39, 0.29) is 6.61 Å². The number of aliphatic hydroxyl groups excluding tert-OH is 1. The first-order chi connectivity index (χ1) is 11.3. The SMILES string of the molecule is CNC[C@H](Cc1ccccc1CO)c1ccc2ccccc2c1. The summed E-state index contributed by atoms with van der Waals surface area (Å²) < 4.78 is 0. The zero-order chi connectivity index (χ0) is 16.1. The third kappa shape index (κ3) is 3.61. The van der Waals surface area contributed by atoms with Crippen LogP contribution >= 0.6 is 0 Å². The highest BCUT2D eigenvalue weighted by Crippen LogP contribution is 2.26. The summed E-state index contributed by atoms with van der Waals surface area (Å²) in [5.41, 5.74) is 3.59. The molecule has 0 saturated heterocycles. The molecule has 0 amide bonds. The van der Waals surface area contributed by atoms with Gasteiger partial charge in [-0.05, 0) is 40.9 Å². The minimum Gasteiger partial charge on any atom is -0.392 e. The average Bonchev–Trinajstić information content (AvgIpc) is 2.61. The van der Waals surface area contributed by atoms with Gasteiger partial charge in [-0.3, -0.25) is 0 Å². The number of rotatable bonds is 6. The fourth-order valence-corrected chi connectivity index (χ4v) is 3.19. The van der Waals surface area contributed by atoms with Crippen molar-refractivity contribution < 1.29 is 5.11 Å². The Morgan fingerprint density at radius 2 is 1.57 bits per heavy atom. The van der Waals surface area contributed by atoms with Gasteiger partial charge < -0.3 is 10.4 Å². The van der Waals surface area contributed by atoms with E-state index in [1.54, 1.807) is 0 Å². The van der Waals surface area contributed by atoms with Crippen LogP contribution in [-0.4, -0.2) is 18.7 Å². The van der Waals surface area contributed by atoms with Gasteiger partial charge in [-0.2, -0.15) is 0 Å². The summed E-state index contributed by atoms with van der Waals surface area (Å²) in [4.78, 5) is 0. The molecule has 0 fully saturated rings. The van der Waals surface area contributed by atoms with Gasteiger partial charge in [0.25, 0.3) is 0 Å². The van der Waals surface area contributed by atoms with E-state index in [1.807, 2.05) is 25.2 Å². The molecule has 0 saturated carbocycles. The topological polar surface area (TPSA) is 32.3 Å². The number of benzene rings is 3. The van der Waals surface area contributed by atoms with Crippen molar-refractivity contribution in [3.63, 3.8) is 0 Å². The summed E-state index contributed by atoms with van der Waals surface area (Å²) in [5.74, 6) is 0.386. The third-order valence-electron chi connectivity index (χ3n) is 4.45. The largest absolute Gasteiger partial charge is 0.392 e. The second-order valence-electron chi connectivity index (χ2n) is 5.99. The van der Waals surface area contributed by atoms with Crippen LogP contribution in [-0.2, 0) is 13.0 Å². The van der Waals surface area contributed by atoms with Crippen LogP contribution in [0.25, 0.3) is 10.8 Å². The van der Waals surface area contributed by atoms with Gasteiger partial charge in [0.05, 0.1) is 6.61 Å². The molecule has 118 valence electrons. The van der Waals surface area contributed by atoms with Crippen LogP contribution in [0.15, 0.2) is 66.7 Å². The van der Waals surface area contributed by atoms with Gasteiger partial charge in [0, 0.05) is 12.5 Å². The number of aliphatic hydroxyl groups is 1. The van der Waals surface area contributed by atoms with Crippen LogP contribution < -0.4 is 5.32 Å². The molecule has 0 aliphatic rings. The van der Waals surface area contributed by atoms with Gasteiger partial charge >= 0.3 is 0 Å². The molecule has 0 spiro atoms. The van der Waals surface area contributed by atoms with Crippen LogP contribution in [0.4, 0.5) is 0 Å². The molecular formula is C21H23NO. The molecule has 2 N–H and O–H groups in total. The first-order valence-corrected chi connectivity index (χ1v) is 8.12. The lowest BCUT2D eigenvalue weighted by molar-refractivity contribution is 0.280. The number of nitrogens with one attached hydrogen (secondary N) is 1. The predicted molar refractivity (Wildman–Crippen MR) is 96.7 cm³/mol. The Hall–Kier alpha value is -2.16. The highest BCUT2D eigenvalue weighted by Gasteiger charge is 2.14. The van der Waals surface area contributed by atoms with E-state index in [4.69, 9.17) is 0 Å². The smallest absolute Gasteiger partial charge is 0.0684 e. The van der Waals surface area contributed by atoms with Crippen LogP contribution in [0.1, 0.15) is 22.6 Å². The second kappa shape index (κ2) is 7.40. The number of fused-ring (bicyclic) bond motifs is 1. The molecule has 0 aliphatic heterocycles. The van der Waals surface area contributed by atoms with Crippen molar-refractivity contribution in [2.75, 3.05) is 13.6 Å². The molecule has 2 heteroatoms. The second-order valence-corrected chi connectivity index (χ2v) is 5.99. The van der Waals surface area contributed by atoms with Crippen molar-refractivity contribution in [1.29, 1.82) is 0 Å². The van der Waals surface area contributed by atoms with E-state index in [0.29, 0.717) is 5.92 Å². The molecule has 23 heavy (non-hydrogen) atoms. The van der Waals surface area contributed by atoms with Gasteiger partial charge in [-0.1, -0.05) is 66.7 Å². The minimum absolute atomic E-state index is 0.0974. The Bertz CT molecular complexity index is 781. The predicted octanol–water partition coefficient (Wildman–Crippen LogP) is 3.88. The molecule has 1 atom stereocenters. The van der Waals surface area contributed by atoms with Crippen LogP contribution in [0.5, 0.6) is 0 Å². The number of likely N-dealkylation sites (N-methyl/N-ethyl adjacent to an activating group) is 1. The molecule has 3 aromatic carbocycles. The molecule has 0 heterocycles. The van der Waals surface area contributed by atoms with Crippen molar-refractivity contribution in [3.05, 3.63) is 83.4 Å². The molecule has 0 unspecified atom stereocenters. The van der Waals surface area contributed by atoms with Crippen molar-refractivity contribution in [2.45, 2.75) is 18.9 Å². The molecule has 0 bridgehead atoms. The van der Waals surface area contributed by atoms with Gasteiger partial charge in [-0.15, -0.1) is 0 Å². The molecule has 2 nitrogen and oxygen atoms in total. The van der Waals surface area contributed by atoms with Crippen molar-refractivity contribution >= 4 is 10.8 Å². The van der Waals surface area contributed by atoms with Crippen molar-refractivity contribution in [2.24, 2.45) is 0 Å². The van der Waals surface area contributed by atoms with E-state index < -0.39 is 0 Å². The van der Waals surface area contributed by atoms with E-state index in [1.165, 1.54) is 21.9 Å². The van der Waals surface area contributed by atoms with Crippen LogP contribution in [0.2, 0.25) is 0 Å². The summed E-state index contributed by atoms with van der Waals surface area (Å²) in [6.07, 6.45) is 0.927. The average molecular weight is 305 g/mol. The zero-order valence-corrected chi connectivity index (χ0v) is 13.5. The van der Waals surface area contributed by atoms with E-state index >= 15 is 0 Å². The van der Waals surface area contributed by atoms with Crippen LogP contribution in [0.3, 0.4) is 0 Å². The lowest BCUT2D eigenvalue weighted by Crippen LogP contribution is -2.19. The standard InChI is InChI=1S/C21H23NO/c1-22-14-21(13-18-8-4-5-9-20(18)15-23)19-11-10-16-6-2-3-7-17(16)12-19/h2-12,21-23H,13-15H2,1H3/t21-/m0/s1. The van der Waals surface area contributed by atoms with Gasteiger partial charge in [0.15, 0.2) is 0 Å². The maximum atomic E-state index is 9.56. The number of hydrogen-bond acceptors (Lipinski definition) is 2. The molecule has 0 aliphatic carbocycles. The molecule has 0 radical (unpaired) electrons. The van der Waals surface area contributed by atoms with Crippen molar-refractivity contribution in [3.8, 4) is 0 Å². The van der Waals surface area contributed by atoms with Crippen LogP contribution in [0, 0.1) is 0 Å². The summed E-state index contributed by atoms with van der Waals surface area (Å²) in [6.45, 7) is 1.01. The molecular weight excluding hydrogens is 282 g/mol. The van der Waals surface area contributed by atoms with E-state index in [2.05, 4.69) is 53.8 Å². The summed E-state index contributed by atoms with van der Waals surface area (Å²) in [6, 6.07) is 23.3. The Labute approximate surface area is 137 Å². The first kappa shape index (κ1) is 15.7. The van der Waals surface area contributed by atoms with Gasteiger partial charge in [0.1, 0.15) is 0 Å². The maximum Gasteiger partial charge on any atom is 0.0684 e. The Morgan fingerprint density at radius 1 is 0.870 bits per heavy atom. The monoisotopic (exact) mass is 305 g/mol. The lowest BCUT2D eigenvalue weighted by atomic mass is 9.89. The Kier molecular flexibility index (Phi) is 5.06. The highest BCUT2D eigenvalue weighted by atomic mass is 16.3. The van der Waals surface area contributed by atoms with E-state index in [9.17, 15) is 5.11 Å². The van der Waals surface area contributed by atoms with Crippen molar-refractivity contribution in [1.82, 2.24) is 5.32 Å². The zero-order valence-electron chi connectivity index (χ0n) is 13.5. The molecule has 3 rings (SSSR count). The summed E-state index contributed by atoms with van der Waals surface area (Å²) >= 11 is 0. The molecule has 3 aromatic rings. The molecule has 0 aromatic heterocycles. The van der Waals surface area contributed by atoms with Gasteiger partial charge in [0.2, 0.25) is 0 Å². The quantitative estimate of drug-likeness (QED) is 0.724. The fraction of sp³-hybridized carbons (Fsp3) is 0.238. The maximum absolute atomic E-state index is 9.56. The third-order valence-corrected chi connectivity index (χ3v) is 4.45. The number of hydrogen-bond donors (Lipinski definition) is 2. The minimum atomic E-state index is 0.0974. The Morgan fingerprint density at radius 3 is 2.30 bits per heavy atom. The Balaban J connectivity index is 1.93. The first-order valence-electron chi connectivity index (χ1n) is 8.12. The fourth-order valence-electron chi connectivity index (χ4n) is 3.19. The highest BCUT2D eigenvalue weighted by molar-refractivity contribution is 5.83.